The number of hydrogen-bond acceptors (Lipinski definition) is 3. The van der Waals surface area contributed by atoms with E-state index in [9.17, 15) is 4.79 Å². The van der Waals surface area contributed by atoms with Gasteiger partial charge in [-0.1, -0.05) is 6.92 Å². The summed E-state index contributed by atoms with van der Waals surface area (Å²) in [6, 6.07) is 7.99. The van der Waals surface area contributed by atoms with Crippen molar-refractivity contribution in [3.05, 3.63) is 29.8 Å². The Morgan fingerprint density at radius 2 is 1.90 bits per heavy atom. The Morgan fingerprint density at radius 3 is 2.52 bits per heavy atom. The van der Waals surface area contributed by atoms with E-state index in [1.807, 2.05) is 25.1 Å². The number of nitrogens with one attached hydrogen (secondary N) is 1. The van der Waals surface area contributed by atoms with Crippen LogP contribution in [0.5, 0.6) is 0 Å². The smallest absolute Gasteiger partial charge is 0.224 e. The van der Waals surface area contributed by atoms with Gasteiger partial charge in [0.25, 0.3) is 0 Å². The van der Waals surface area contributed by atoms with Crippen LogP contribution in [0.2, 0.25) is 0 Å². The third kappa shape index (κ3) is 3.32. The number of benzene rings is 1. The van der Waals surface area contributed by atoms with E-state index in [-0.39, 0.29) is 5.91 Å². The summed E-state index contributed by atoms with van der Waals surface area (Å²) in [6.45, 7) is 10.1. The normalized spacial score (nSPS) is 10.7. The maximum Gasteiger partial charge on any atom is 0.224 e. The van der Waals surface area contributed by atoms with E-state index in [2.05, 4.69) is 37.1 Å². The van der Waals surface area contributed by atoms with Crippen LogP contribution in [0.4, 0.5) is 11.5 Å². The first kappa shape index (κ1) is 15.3. The summed E-state index contributed by atoms with van der Waals surface area (Å²) < 4.78 is 0. The number of hydrogen-bond donors (Lipinski definition) is 1. The van der Waals surface area contributed by atoms with Crippen LogP contribution in [0.25, 0.3) is 10.9 Å². The van der Waals surface area contributed by atoms with Gasteiger partial charge in [0, 0.05) is 30.6 Å². The van der Waals surface area contributed by atoms with Crippen LogP contribution in [0.3, 0.4) is 0 Å². The van der Waals surface area contributed by atoms with Crippen molar-refractivity contribution >= 4 is 28.3 Å². The summed E-state index contributed by atoms with van der Waals surface area (Å²) in [6.07, 6.45) is 0.482. The highest BCUT2D eigenvalue weighted by molar-refractivity contribution is 5.94. The Hall–Kier alpha value is -2.10. The Bertz CT molecular complexity index is 648. The lowest BCUT2D eigenvalue weighted by atomic mass is 10.1. The van der Waals surface area contributed by atoms with E-state index in [1.54, 1.807) is 0 Å². The van der Waals surface area contributed by atoms with Crippen LogP contribution in [-0.4, -0.2) is 24.0 Å². The molecule has 0 spiro atoms. The molecule has 0 fully saturated rings. The van der Waals surface area contributed by atoms with Gasteiger partial charge in [-0.2, -0.15) is 0 Å². The highest BCUT2D eigenvalue weighted by Crippen LogP contribution is 2.25. The minimum absolute atomic E-state index is 0.0275. The molecule has 112 valence electrons. The van der Waals surface area contributed by atoms with Crippen LogP contribution < -0.4 is 10.2 Å². The first-order valence-corrected chi connectivity index (χ1v) is 7.55. The number of aryl methyl sites for hydroxylation is 1. The zero-order valence-electron chi connectivity index (χ0n) is 13.2. The van der Waals surface area contributed by atoms with Gasteiger partial charge in [-0.25, -0.2) is 4.98 Å². The van der Waals surface area contributed by atoms with Gasteiger partial charge in [0.2, 0.25) is 5.91 Å². The number of rotatable bonds is 5. The number of amides is 1. The molecule has 2 rings (SSSR count). The van der Waals surface area contributed by atoms with E-state index >= 15 is 0 Å². The Balaban J connectivity index is 2.43. The molecule has 0 aliphatic carbocycles. The molecule has 0 radical (unpaired) electrons. The maximum absolute atomic E-state index is 11.5. The molecule has 1 amide bonds. The summed E-state index contributed by atoms with van der Waals surface area (Å²) in [5.74, 6) is 1.04. The molecule has 1 aromatic carbocycles. The minimum atomic E-state index is 0.0275. The molecule has 0 aliphatic rings. The SMILES string of the molecule is CCC(=O)Nc1ccc2nc(N(CC)CC)cc(C)c2c1. The van der Waals surface area contributed by atoms with Crippen molar-refractivity contribution in [2.45, 2.75) is 34.1 Å². The molecule has 0 atom stereocenters. The molecular formula is C17H23N3O. The van der Waals surface area contributed by atoms with Gasteiger partial charge < -0.3 is 10.2 Å². The Kier molecular flexibility index (Phi) is 4.78. The fourth-order valence-electron chi connectivity index (χ4n) is 2.41. The summed E-state index contributed by atoms with van der Waals surface area (Å²) in [7, 11) is 0. The summed E-state index contributed by atoms with van der Waals surface area (Å²) in [5, 5.41) is 3.98. The molecule has 4 nitrogen and oxygen atoms in total. The molecular weight excluding hydrogens is 262 g/mol. The van der Waals surface area contributed by atoms with E-state index < -0.39 is 0 Å². The van der Waals surface area contributed by atoms with Gasteiger partial charge in [0.05, 0.1) is 5.52 Å². The third-order valence-electron chi connectivity index (χ3n) is 3.69. The monoisotopic (exact) mass is 285 g/mol. The van der Waals surface area contributed by atoms with Crippen LogP contribution >= 0.6 is 0 Å². The molecule has 0 saturated carbocycles. The minimum Gasteiger partial charge on any atom is -0.357 e. The van der Waals surface area contributed by atoms with Gasteiger partial charge in [-0.15, -0.1) is 0 Å². The molecule has 0 aliphatic heterocycles. The van der Waals surface area contributed by atoms with Gasteiger partial charge >= 0.3 is 0 Å². The molecule has 0 bridgehead atoms. The van der Waals surface area contributed by atoms with Crippen molar-refractivity contribution in [1.82, 2.24) is 4.98 Å². The standard InChI is InChI=1S/C17H23N3O/c1-5-17(21)18-13-8-9-15-14(11-13)12(4)10-16(19-15)20(6-2)7-3/h8-11H,5-7H2,1-4H3,(H,18,21). The van der Waals surface area contributed by atoms with Crippen molar-refractivity contribution in [1.29, 1.82) is 0 Å². The molecule has 1 aromatic heterocycles. The van der Waals surface area contributed by atoms with Crippen LogP contribution in [-0.2, 0) is 4.79 Å². The quantitative estimate of drug-likeness (QED) is 0.910. The molecule has 0 unspecified atom stereocenters. The van der Waals surface area contributed by atoms with Gasteiger partial charge in [0.1, 0.15) is 5.82 Å². The lowest BCUT2D eigenvalue weighted by Crippen LogP contribution is -2.23. The third-order valence-corrected chi connectivity index (χ3v) is 3.69. The number of aromatic nitrogens is 1. The Morgan fingerprint density at radius 1 is 1.19 bits per heavy atom. The number of fused-ring (bicyclic) bond motifs is 1. The molecule has 1 heterocycles. The zero-order valence-corrected chi connectivity index (χ0v) is 13.2. The van der Waals surface area contributed by atoms with E-state index in [0.29, 0.717) is 6.42 Å². The Labute approximate surface area is 126 Å². The number of anilines is 2. The van der Waals surface area contributed by atoms with E-state index in [4.69, 9.17) is 4.98 Å². The lowest BCUT2D eigenvalue weighted by molar-refractivity contribution is -0.115. The fourth-order valence-corrected chi connectivity index (χ4v) is 2.41. The second-order valence-corrected chi connectivity index (χ2v) is 5.10. The largest absolute Gasteiger partial charge is 0.357 e. The van der Waals surface area contributed by atoms with Crippen LogP contribution in [0, 0.1) is 6.92 Å². The predicted molar refractivity (Wildman–Crippen MR) is 89.0 cm³/mol. The van der Waals surface area contributed by atoms with Crippen molar-refractivity contribution in [3.63, 3.8) is 0 Å². The van der Waals surface area contributed by atoms with Gasteiger partial charge in [-0.3, -0.25) is 4.79 Å². The zero-order chi connectivity index (χ0) is 15.4. The topological polar surface area (TPSA) is 45.2 Å². The van der Waals surface area contributed by atoms with Gasteiger partial charge in [-0.05, 0) is 50.6 Å². The van der Waals surface area contributed by atoms with Gasteiger partial charge in [0.15, 0.2) is 0 Å². The second kappa shape index (κ2) is 6.57. The lowest BCUT2D eigenvalue weighted by Gasteiger charge is -2.21. The molecule has 2 aromatic rings. The number of carbonyl (C=O) groups is 1. The maximum atomic E-state index is 11.5. The van der Waals surface area contributed by atoms with Crippen molar-refractivity contribution in [2.75, 3.05) is 23.3 Å². The van der Waals surface area contributed by atoms with Crippen molar-refractivity contribution in [2.24, 2.45) is 0 Å². The summed E-state index contributed by atoms with van der Waals surface area (Å²) >= 11 is 0. The predicted octanol–water partition coefficient (Wildman–Crippen LogP) is 3.74. The fraction of sp³-hybridized carbons (Fsp3) is 0.412. The number of carbonyl (C=O) groups excluding carboxylic acids is 1. The van der Waals surface area contributed by atoms with Crippen LogP contribution in [0.15, 0.2) is 24.3 Å². The second-order valence-electron chi connectivity index (χ2n) is 5.10. The highest BCUT2D eigenvalue weighted by atomic mass is 16.1. The molecule has 21 heavy (non-hydrogen) atoms. The van der Waals surface area contributed by atoms with Crippen molar-refractivity contribution in [3.8, 4) is 0 Å². The molecule has 1 N–H and O–H groups in total. The van der Waals surface area contributed by atoms with E-state index in [0.717, 1.165) is 35.5 Å². The number of nitrogens with zero attached hydrogens (tertiary/aromatic N) is 2. The van der Waals surface area contributed by atoms with Crippen molar-refractivity contribution < 1.29 is 4.79 Å². The number of pyridine rings is 1. The van der Waals surface area contributed by atoms with E-state index in [1.165, 1.54) is 5.56 Å². The first-order valence-electron chi connectivity index (χ1n) is 7.55. The molecule has 4 heteroatoms. The first-order chi connectivity index (χ1) is 10.1. The average molecular weight is 285 g/mol. The summed E-state index contributed by atoms with van der Waals surface area (Å²) in [4.78, 5) is 18.5. The highest BCUT2D eigenvalue weighted by Gasteiger charge is 2.09. The van der Waals surface area contributed by atoms with Crippen LogP contribution in [0.1, 0.15) is 32.8 Å². The average Bonchev–Trinajstić information content (AvgIpc) is 2.49. The summed E-state index contributed by atoms with van der Waals surface area (Å²) in [5.41, 5.74) is 2.97. The molecule has 0 saturated heterocycles.